The van der Waals surface area contributed by atoms with Crippen molar-refractivity contribution in [2.75, 3.05) is 13.2 Å². The molecule has 7 heteroatoms. The fourth-order valence-corrected chi connectivity index (χ4v) is 4.22. The molecule has 3 amide bonds. The molecule has 1 aliphatic rings. The molecule has 0 saturated heterocycles. The average molecular weight is 434 g/mol. The summed E-state index contributed by atoms with van der Waals surface area (Å²) >= 11 is 0. The van der Waals surface area contributed by atoms with Crippen LogP contribution in [0.15, 0.2) is 48.7 Å². The van der Waals surface area contributed by atoms with Crippen LogP contribution in [0.4, 0.5) is 0 Å². The summed E-state index contributed by atoms with van der Waals surface area (Å²) in [5, 5.41) is 13.4. The van der Waals surface area contributed by atoms with E-state index in [0.717, 1.165) is 16.5 Å². The van der Waals surface area contributed by atoms with E-state index in [2.05, 4.69) is 10.3 Å². The van der Waals surface area contributed by atoms with Gasteiger partial charge in [0, 0.05) is 29.2 Å². The van der Waals surface area contributed by atoms with Crippen LogP contribution in [0.1, 0.15) is 56.9 Å². The predicted octanol–water partition coefficient (Wildman–Crippen LogP) is 3.14. The fourth-order valence-electron chi connectivity index (χ4n) is 4.22. The molecule has 0 bridgehead atoms. The lowest BCUT2D eigenvalue weighted by Crippen LogP contribution is -2.38. The van der Waals surface area contributed by atoms with Gasteiger partial charge in [-0.3, -0.25) is 19.3 Å². The zero-order chi connectivity index (χ0) is 22.8. The maximum absolute atomic E-state index is 13.0. The van der Waals surface area contributed by atoms with Crippen molar-refractivity contribution in [2.24, 2.45) is 5.92 Å². The monoisotopic (exact) mass is 433 g/mol. The second kappa shape index (κ2) is 8.96. The lowest BCUT2D eigenvalue weighted by Gasteiger charge is -2.18. The maximum atomic E-state index is 13.0. The van der Waals surface area contributed by atoms with Crippen LogP contribution in [-0.4, -0.2) is 51.9 Å². The molecule has 7 nitrogen and oxygen atoms in total. The number of aliphatic hydroxyl groups is 1. The van der Waals surface area contributed by atoms with Gasteiger partial charge in [-0.15, -0.1) is 0 Å². The molecule has 1 aromatic heterocycles. The standard InChI is InChI=1S/C25H27N3O4/c1-15(2)11-18(14-29)27-23(30)16-7-8-20-21(12-16)25(32)28(24(20)31)10-9-17-13-26-22-6-4-3-5-19(17)22/h3-8,12-13,15,18,26,29H,9-11,14H2,1-2H3,(H,27,30). The van der Waals surface area contributed by atoms with Gasteiger partial charge in [-0.2, -0.15) is 0 Å². The first kappa shape index (κ1) is 21.8. The number of nitrogens with one attached hydrogen (secondary N) is 2. The number of hydrogen-bond donors (Lipinski definition) is 3. The Balaban J connectivity index is 1.48. The summed E-state index contributed by atoms with van der Waals surface area (Å²) in [7, 11) is 0. The highest BCUT2D eigenvalue weighted by atomic mass is 16.3. The number of fused-ring (bicyclic) bond motifs is 2. The van der Waals surface area contributed by atoms with E-state index < -0.39 is 0 Å². The van der Waals surface area contributed by atoms with Gasteiger partial charge >= 0.3 is 0 Å². The molecule has 0 spiro atoms. The summed E-state index contributed by atoms with van der Waals surface area (Å²) in [6.07, 6.45) is 3.09. The molecule has 0 aliphatic carbocycles. The number of para-hydroxylation sites is 1. The molecule has 0 radical (unpaired) electrons. The summed E-state index contributed by atoms with van der Waals surface area (Å²) in [5.74, 6) is -0.785. The second-order valence-electron chi connectivity index (χ2n) is 8.61. The van der Waals surface area contributed by atoms with Gasteiger partial charge in [-0.25, -0.2) is 0 Å². The highest BCUT2D eigenvalue weighted by Gasteiger charge is 2.35. The molecule has 2 aromatic carbocycles. The Labute approximate surface area is 186 Å². The number of imide groups is 1. The van der Waals surface area contributed by atoms with E-state index in [9.17, 15) is 19.5 Å². The van der Waals surface area contributed by atoms with E-state index in [1.807, 2.05) is 44.3 Å². The number of aliphatic hydroxyl groups excluding tert-OH is 1. The van der Waals surface area contributed by atoms with Gasteiger partial charge in [0.25, 0.3) is 17.7 Å². The van der Waals surface area contributed by atoms with Crippen molar-refractivity contribution in [3.05, 3.63) is 70.9 Å². The zero-order valence-electron chi connectivity index (χ0n) is 18.2. The Morgan fingerprint density at radius 1 is 1.09 bits per heavy atom. The average Bonchev–Trinajstić information content (AvgIpc) is 3.30. The minimum Gasteiger partial charge on any atom is -0.394 e. The van der Waals surface area contributed by atoms with Crippen LogP contribution in [0.3, 0.4) is 0 Å². The smallest absolute Gasteiger partial charge is 0.261 e. The normalized spacial score (nSPS) is 14.3. The van der Waals surface area contributed by atoms with Crippen LogP contribution in [0.25, 0.3) is 10.9 Å². The Morgan fingerprint density at radius 3 is 2.59 bits per heavy atom. The Morgan fingerprint density at radius 2 is 1.84 bits per heavy atom. The van der Waals surface area contributed by atoms with E-state index in [-0.39, 0.29) is 42.5 Å². The van der Waals surface area contributed by atoms with Crippen molar-refractivity contribution in [3.8, 4) is 0 Å². The van der Waals surface area contributed by atoms with Gasteiger partial charge in [0.2, 0.25) is 0 Å². The largest absolute Gasteiger partial charge is 0.394 e. The molecule has 0 saturated carbocycles. The third-order valence-corrected chi connectivity index (χ3v) is 5.82. The molecule has 1 aliphatic heterocycles. The SMILES string of the molecule is CC(C)CC(CO)NC(=O)c1ccc2c(c1)C(=O)N(CCc1c[nH]c3ccccc13)C2=O. The molecule has 1 atom stereocenters. The molecule has 2 heterocycles. The van der Waals surface area contributed by atoms with Crippen LogP contribution in [0.5, 0.6) is 0 Å². The number of hydrogen-bond acceptors (Lipinski definition) is 4. The molecular formula is C25H27N3O4. The van der Waals surface area contributed by atoms with Crippen molar-refractivity contribution in [1.82, 2.24) is 15.2 Å². The van der Waals surface area contributed by atoms with Crippen molar-refractivity contribution in [3.63, 3.8) is 0 Å². The Kier molecular flexibility index (Phi) is 6.10. The number of amides is 3. The van der Waals surface area contributed by atoms with Crippen LogP contribution in [-0.2, 0) is 6.42 Å². The van der Waals surface area contributed by atoms with Crippen molar-refractivity contribution >= 4 is 28.6 Å². The summed E-state index contributed by atoms with van der Waals surface area (Å²) in [5.41, 5.74) is 2.90. The highest BCUT2D eigenvalue weighted by Crippen LogP contribution is 2.25. The summed E-state index contributed by atoms with van der Waals surface area (Å²) in [4.78, 5) is 42.9. The maximum Gasteiger partial charge on any atom is 0.261 e. The van der Waals surface area contributed by atoms with Gasteiger partial charge in [-0.05, 0) is 48.6 Å². The van der Waals surface area contributed by atoms with Crippen molar-refractivity contribution < 1.29 is 19.5 Å². The fraction of sp³-hybridized carbons (Fsp3) is 0.320. The third-order valence-electron chi connectivity index (χ3n) is 5.82. The molecule has 32 heavy (non-hydrogen) atoms. The van der Waals surface area contributed by atoms with Crippen molar-refractivity contribution in [1.29, 1.82) is 0 Å². The minimum atomic E-state index is -0.389. The summed E-state index contributed by atoms with van der Waals surface area (Å²) in [6.45, 7) is 4.13. The predicted molar refractivity (Wildman–Crippen MR) is 122 cm³/mol. The summed E-state index contributed by atoms with van der Waals surface area (Å²) < 4.78 is 0. The first-order valence-electron chi connectivity index (χ1n) is 10.9. The molecular weight excluding hydrogens is 406 g/mol. The quantitative estimate of drug-likeness (QED) is 0.475. The minimum absolute atomic E-state index is 0.159. The molecule has 1 unspecified atom stereocenters. The zero-order valence-corrected chi connectivity index (χ0v) is 18.2. The van der Waals surface area contributed by atoms with Gasteiger partial charge in [0.15, 0.2) is 0 Å². The molecule has 4 rings (SSSR count). The first-order valence-corrected chi connectivity index (χ1v) is 10.9. The lowest BCUT2D eigenvalue weighted by molar-refractivity contribution is 0.0656. The number of carbonyl (C=O) groups excluding carboxylic acids is 3. The molecule has 166 valence electrons. The number of rotatable bonds is 8. The van der Waals surface area contributed by atoms with Crippen LogP contribution < -0.4 is 5.32 Å². The van der Waals surface area contributed by atoms with E-state index >= 15 is 0 Å². The van der Waals surface area contributed by atoms with E-state index in [1.165, 1.54) is 17.0 Å². The Hall–Kier alpha value is -3.45. The van der Waals surface area contributed by atoms with Gasteiger partial charge in [0.05, 0.1) is 23.8 Å². The highest BCUT2D eigenvalue weighted by molar-refractivity contribution is 6.22. The number of nitrogens with zero attached hydrogens (tertiary/aromatic N) is 1. The van der Waals surface area contributed by atoms with E-state index in [4.69, 9.17) is 0 Å². The number of benzene rings is 2. The van der Waals surface area contributed by atoms with E-state index in [0.29, 0.717) is 29.9 Å². The van der Waals surface area contributed by atoms with Crippen LogP contribution >= 0.6 is 0 Å². The van der Waals surface area contributed by atoms with Gasteiger partial charge < -0.3 is 15.4 Å². The topological polar surface area (TPSA) is 102 Å². The van der Waals surface area contributed by atoms with E-state index in [1.54, 1.807) is 6.07 Å². The number of carbonyl (C=O) groups is 3. The van der Waals surface area contributed by atoms with Crippen LogP contribution in [0, 0.1) is 5.92 Å². The number of aromatic amines is 1. The Bertz CT molecular complexity index is 1180. The van der Waals surface area contributed by atoms with Gasteiger partial charge in [0.1, 0.15) is 0 Å². The van der Waals surface area contributed by atoms with Crippen molar-refractivity contribution in [2.45, 2.75) is 32.7 Å². The number of aromatic nitrogens is 1. The molecule has 3 aromatic rings. The first-order chi connectivity index (χ1) is 15.4. The third kappa shape index (κ3) is 4.16. The molecule has 3 N–H and O–H groups in total. The lowest BCUT2D eigenvalue weighted by atomic mass is 10.0. The second-order valence-corrected chi connectivity index (χ2v) is 8.61. The summed E-state index contributed by atoms with van der Waals surface area (Å²) in [6, 6.07) is 12.1. The molecule has 0 fully saturated rings. The van der Waals surface area contributed by atoms with Gasteiger partial charge in [-0.1, -0.05) is 32.0 Å². The van der Waals surface area contributed by atoms with Crippen LogP contribution in [0.2, 0.25) is 0 Å². The number of H-pyrrole nitrogens is 1.